The number of halogens is 1. The Balaban J connectivity index is 0.00000480. The number of benzene rings is 1. The maximum Gasteiger partial charge on any atom is 0.410 e. The van der Waals surface area contributed by atoms with Crippen molar-refractivity contribution in [3.8, 4) is 0 Å². The fraction of sp³-hybridized carbons (Fsp3) is 0.652. The predicted octanol–water partition coefficient (Wildman–Crippen LogP) is 4.08. The summed E-state index contributed by atoms with van der Waals surface area (Å²) in [6.45, 7) is 10.5. The Hall–Kier alpha value is -1.71. The van der Waals surface area contributed by atoms with Gasteiger partial charge in [-0.25, -0.2) is 4.79 Å². The summed E-state index contributed by atoms with van der Waals surface area (Å²) in [5, 5.41) is 6.92. The van der Waals surface area contributed by atoms with Gasteiger partial charge in [0.2, 0.25) is 0 Å². The third kappa shape index (κ3) is 9.53. The maximum atomic E-state index is 12.2. The topological polar surface area (TPSA) is 69.2 Å². The number of anilines is 1. The molecule has 1 heterocycles. The van der Waals surface area contributed by atoms with Crippen molar-refractivity contribution in [2.75, 3.05) is 38.6 Å². The molecule has 0 bridgehead atoms. The summed E-state index contributed by atoms with van der Waals surface area (Å²) in [7, 11) is 3.58. The van der Waals surface area contributed by atoms with Gasteiger partial charge in [-0.2, -0.15) is 0 Å². The van der Waals surface area contributed by atoms with E-state index in [0.717, 1.165) is 44.9 Å². The molecule has 0 saturated carbocycles. The van der Waals surface area contributed by atoms with Gasteiger partial charge in [0.05, 0.1) is 0 Å². The van der Waals surface area contributed by atoms with Crippen LogP contribution >= 0.6 is 24.0 Å². The molecule has 0 spiro atoms. The predicted molar refractivity (Wildman–Crippen MR) is 140 cm³/mol. The van der Waals surface area contributed by atoms with Crippen molar-refractivity contribution in [3.63, 3.8) is 0 Å². The highest BCUT2D eigenvalue weighted by atomic mass is 127. The van der Waals surface area contributed by atoms with Crippen molar-refractivity contribution in [3.05, 3.63) is 30.3 Å². The highest BCUT2D eigenvalue weighted by Crippen LogP contribution is 2.19. The first-order valence-corrected chi connectivity index (χ1v) is 10.9. The lowest BCUT2D eigenvalue weighted by atomic mass is 10.0. The van der Waals surface area contributed by atoms with Gasteiger partial charge < -0.3 is 25.2 Å². The minimum Gasteiger partial charge on any atom is -0.444 e. The molecule has 176 valence electrons. The van der Waals surface area contributed by atoms with Crippen molar-refractivity contribution >= 4 is 41.7 Å². The van der Waals surface area contributed by atoms with Gasteiger partial charge in [-0.3, -0.25) is 4.99 Å². The maximum absolute atomic E-state index is 12.2. The number of piperidine rings is 1. The lowest BCUT2D eigenvalue weighted by Gasteiger charge is -2.34. The second-order valence-electron chi connectivity index (χ2n) is 8.97. The second kappa shape index (κ2) is 13.0. The smallest absolute Gasteiger partial charge is 0.410 e. The van der Waals surface area contributed by atoms with Crippen LogP contribution in [0.2, 0.25) is 0 Å². The molecule has 0 aromatic heterocycles. The monoisotopic (exact) mass is 545 g/mol. The van der Waals surface area contributed by atoms with E-state index in [-0.39, 0.29) is 36.1 Å². The standard InChI is InChI=1S/C23H39N5O2.HI/c1-18(27(6)22(29)30-23(2,3)4)12-15-25-21(24-5)26-19-13-16-28(17-14-19)20-10-8-7-9-11-20;/h7-11,18-19H,12-17H2,1-6H3,(H2,24,25,26);1H. The van der Waals surface area contributed by atoms with Gasteiger partial charge >= 0.3 is 6.09 Å². The molecule has 0 aliphatic carbocycles. The normalized spacial score (nSPS) is 16.2. The Bertz CT molecular complexity index is 685. The van der Waals surface area contributed by atoms with Crippen LogP contribution in [0.4, 0.5) is 10.5 Å². The SMILES string of the molecule is CN=C(NCCC(C)N(C)C(=O)OC(C)(C)C)NC1CCN(c2ccccc2)CC1.I. The Morgan fingerprint density at radius 1 is 1.26 bits per heavy atom. The summed E-state index contributed by atoms with van der Waals surface area (Å²) in [5.41, 5.74) is 0.812. The van der Waals surface area contributed by atoms with Crippen LogP contribution in [-0.2, 0) is 4.74 Å². The number of carbonyl (C=O) groups excluding carboxylic acids is 1. The van der Waals surface area contributed by atoms with Gasteiger partial charge in [-0.1, -0.05) is 18.2 Å². The molecule has 7 nitrogen and oxygen atoms in total. The van der Waals surface area contributed by atoms with Crippen LogP contribution in [0.5, 0.6) is 0 Å². The van der Waals surface area contributed by atoms with Crippen molar-refractivity contribution in [2.45, 2.75) is 64.6 Å². The molecule has 1 fully saturated rings. The Kier molecular flexibility index (Phi) is 11.4. The second-order valence-corrected chi connectivity index (χ2v) is 8.97. The van der Waals surface area contributed by atoms with E-state index in [9.17, 15) is 4.79 Å². The summed E-state index contributed by atoms with van der Waals surface area (Å²) < 4.78 is 5.44. The molecule has 1 saturated heterocycles. The molecule has 2 N–H and O–H groups in total. The van der Waals surface area contributed by atoms with E-state index in [4.69, 9.17) is 4.74 Å². The van der Waals surface area contributed by atoms with E-state index in [1.807, 2.05) is 27.7 Å². The minimum atomic E-state index is -0.481. The Labute approximate surface area is 205 Å². The van der Waals surface area contributed by atoms with Gasteiger partial charge in [0.1, 0.15) is 5.60 Å². The highest BCUT2D eigenvalue weighted by molar-refractivity contribution is 14.0. The molecule has 31 heavy (non-hydrogen) atoms. The zero-order chi connectivity index (χ0) is 22.1. The van der Waals surface area contributed by atoms with Gasteiger partial charge in [-0.05, 0) is 59.1 Å². The lowest BCUT2D eigenvalue weighted by molar-refractivity contribution is 0.0230. The van der Waals surface area contributed by atoms with Crippen LogP contribution in [0.25, 0.3) is 0 Å². The quantitative estimate of drug-likeness (QED) is 0.321. The van der Waals surface area contributed by atoms with Crippen molar-refractivity contribution in [1.29, 1.82) is 0 Å². The van der Waals surface area contributed by atoms with Crippen molar-refractivity contribution in [2.24, 2.45) is 4.99 Å². The first-order valence-electron chi connectivity index (χ1n) is 10.9. The summed E-state index contributed by atoms with van der Waals surface area (Å²) in [5.74, 6) is 0.820. The van der Waals surface area contributed by atoms with Crippen LogP contribution in [0, 0.1) is 0 Å². The first kappa shape index (κ1) is 27.3. The van der Waals surface area contributed by atoms with E-state index in [0.29, 0.717) is 6.04 Å². The number of para-hydroxylation sites is 1. The number of nitrogens with zero attached hydrogens (tertiary/aromatic N) is 3. The van der Waals surface area contributed by atoms with Crippen molar-refractivity contribution < 1.29 is 9.53 Å². The van der Waals surface area contributed by atoms with E-state index >= 15 is 0 Å². The summed E-state index contributed by atoms with van der Waals surface area (Å²) in [6, 6.07) is 11.1. The highest BCUT2D eigenvalue weighted by Gasteiger charge is 2.23. The lowest BCUT2D eigenvalue weighted by Crippen LogP contribution is -2.49. The fourth-order valence-electron chi connectivity index (χ4n) is 3.42. The molecule has 1 aromatic rings. The molecule has 1 unspecified atom stereocenters. The number of hydrogen-bond donors (Lipinski definition) is 2. The molecule has 0 radical (unpaired) electrons. The average molecular weight is 546 g/mol. The number of amides is 1. The van der Waals surface area contributed by atoms with E-state index in [1.165, 1.54) is 5.69 Å². The Morgan fingerprint density at radius 2 is 1.87 bits per heavy atom. The number of hydrogen-bond acceptors (Lipinski definition) is 4. The summed E-state index contributed by atoms with van der Waals surface area (Å²) >= 11 is 0. The third-order valence-electron chi connectivity index (χ3n) is 5.38. The van der Waals surface area contributed by atoms with Crippen LogP contribution in [0.15, 0.2) is 35.3 Å². The number of carbonyl (C=O) groups is 1. The van der Waals surface area contributed by atoms with E-state index < -0.39 is 5.60 Å². The minimum absolute atomic E-state index is 0. The number of rotatable bonds is 6. The number of ether oxygens (including phenoxy) is 1. The zero-order valence-electron chi connectivity index (χ0n) is 19.9. The van der Waals surface area contributed by atoms with Crippen LogP contribution in [-0.4, -0.2) is 68.4 Å². The molecule has 2 rings (SSSR count). The molecular formula is C23H40IN5O2. The van der Waals surface area contributed by atoms with Gasteiger partial charge in [-0.15, -0.1) is 24.0 Å². The van der Waals surface area contributed by atoms with Gasteiger partial charge in [0.25, 0.3) is 0 Å². The van der Waals surface area contributed by atoms with Crippen LogP contribution < -0.4 is 15.5 Å². The largest absolute Gasteiger partial charge is 0.444 e. The molecular weight excluding hydrogens is 505 g/mol. The average Bonchev–Trinajstić information content (AvgIpc) is 2.72. The molecule has 8 heteroatoms. The molecule has 1 aromatic carbocycles. The Morgan fingerprint density at radius 3 is 2.42 bits per heavy atom. The number of aliphatic imine (C=N–C) groups is 1. The van der Waals surface area contributed by atoms with Gasteiger partial charge in [0, 0.05) is 51.5 Å². The summed E-state index contributed by atoms with van der Waals surface area (Å²) in [4.78, 5) is 20.6. The molecule has 1 aliphatic rings. The van der Waals surface area contributed by atoms with Crippen molar-refractivity contribution in [1.82, 2.24) is 15.5 Å². The molecule has 1 amide bonds. The first-order chi connectivity index (χ1) is 14.2. The van der Waals surface area contributed by atoms with E-state index in [1.54, 1.807) is 19.0 Å². The third-order valence-corrected chi connectivity index (χ3v) is 5.38. The van der Waals surface area contributed by atoms with E-state index in [2.05, 4.69) is 50.9 Å². The summed E-state index contributed by atoms with van der Waals surface area (Å²) in [6.07, 6.45) is 2.67. The van der Waals surface area contributed by atoms with Crippen LogP contribution in [0.3, 0.4) is 0 Å². The molecule has 1 atom stereocenters. The zero-order valence-corrected chi connectivity index (χ0v) is 22.2. The number of guanidine groups is 1. The van der Waals surface area contributed by atoms with Gasteiger partial charge in [0.15, 0.2) is 5.96 Å². The number of nitrogens with one attached hydrogen (secondary N) is 2. The van der Waals surface area contributed by atoms with Crippen LogP contribution in [0.1, 0.15) is 47.0 Å². The molecule has 1 aliphatic heterocycles. The fourth-order valence-corrected chi connectivity index (χ4v) is 3.42.